The van der Waals surface area contributed by atoms with Crippen LogP contribution < -0.4 is 0 Å². The van der Waals surface area contributed by atoms with Crippen molar-refractivity contribution < 1.29 is 5.11 Å². The standard InChI is InChI=1S/C17H20ClNO/c1-3-15(16-7-5-6-12-19-16)17(20,4-2)13-8-10-14(18)11-9-13/h5-12,15,20H,3-4H2,1-2H3/t15-,17-/m1/s1. The Bertz CT molecular complexity index is 541. The zero-order chi connectivity index (χ0) is 14.6. The molecule has 1 aromatic carbocycles. The molecule has 2 rings (SSSR count). The molecule has 2 aromatic rings. The van der Waals surface area contributed by atoms with Crippen LogP contribution in [0.25, 0.3) is 0 Å². The first kappa shape index (κ1) is 15.0. The molecule has 1 N–H and O–H groups in total. The predicted octanol–water partition coefficient (Wildman–Crippen LogP) is 4.53. The van der Waals surface area contributed by atoms with Gasteiger partial charge in [0.05, 0.1) is 5.60 Å². The van der Waals surface area contributed by atoms with E-state index < -0.39 is 5.60 Å². The number of halogens is 1. The first-order chi connectivity index (χ1) is 9.61. The molecule has 0 radical (unpaired) electrons. The lowest BCUT2D eigenvalue weighted by Gasteiger charge is -2.35. The number of rotatable bonds is 5. The number of hydrogen-bond acceptors (Lipinski definition) is 2. The lowest BCUT2D eigenvalue weighted by atomic mass is 9.76. The summed E-state index contributed by atoms with van der Waals surface area (Å²) in [5.74, 6) is -0.0325. The van der Waals surface area contributed by atoms with Crippen LogP contribution in [-0.2, 0) is 5.60 Å². The van der Waals surface area contributed by atoms with E-state index in [9.17, 15) is 5.11 Å². The summed E-state index contributed by atoms with van der Waals surface area (Å²) in [6.07, 6.45) is 3.23. The molecule has 0 amide bonds. The molecular weight excluding hydrogens is 270 g/mol. The smallest absolute Gasteiger partial charge is 0.0977 e. The van der Waals surface area contributed by atoms with Gasteiger partial charge in [-0.25, -0.2) is 0 Å². The summed E-state index contributed by atoms with van der Waals surface area (Å²) in [5, 5.41) is 11.9. The zero-order valence-corrected chi connectivity index (χ0v) is 12.6. The summed E-state index contributed by atoms with van der Waals surface area (Å²) < 4.78 is 0. The maximum Gasteiger partial charge on any atom is 0.0977 e. The summed E-state index contributed by atoms with van der Waals surface area (Å²) in [6.45, 7) is 4.08. The van der Waals surface area contributed by atoms with Gasteiger partial charge < -0.3 is 5.11 Å². The predicted molar refractivity (Wildman–Crippen MR) is 82.9 cm³/mol. The summed E-state index contributed by atoms with van der Waals surface area (Å²) in [4.78, 5) is 4.42. The minimum absolute atomic E-state index is 0.0325. The van der Waals surface area contributed by atoms with E-state index >= 15 is 0 Å². The number of hydrogen-bond donors (Lipinski definition) is 1. The molecule has 0 bridgehead atoms. The van der Waals surface area contributed by atoms with Crippen molar-refractivity contribution in [1.29, 1.82) is 0 Å². The molecule has 1 heterocycles. The lowest BCUT2D eigenvalue weighted by molar-refractivity contribution is 0.000195. The van der Waals surface area contributed by atoms with Crippen molar-refractivity contribution in [3.8, 4) is 0 Å². The van der Waals surface area contributed by atoms with Crippen molar-refractivity contribution in [3.05, 3.63) is 64.9 Å². The van der Waals surface area contributed by atoms with E-state index in [1.165, 1.54) is 0 Å². The van der Waals surface area contributed by atoms with Gasteiger partial charge in [0, 0.05) is 22.8 Å². The molecule has 0 spiro atoms. The third kappa shape index (κ3) is 2.87. The maximum absolute atomic E-state index is 11.2. The normalized spacial score (nSPS) is 15.6. The van der Waals surface area contributed by atoms with E-state index in [0.29, 0.717) is 11.4 Å². The van der Waals surface area contributed by atoms with E-state index in [0.717, 1.165) is 17.7 Å². The molecule has 2 atom stereocenters. The van der Waals surface area contributed by atoms with Gasteiger partial charge in [0.25, 0.3) is 0 Å². The molecule has 0 aliphatic rings. The Labute approximate surface area is 125 Å². The molecule has 1 aromatic heterocycles. The van der Waals surface area contributed by atoms with Crippen LogP contribution in [0.15, 0.2) is 48.7 Å². The summed E-state index contributed by atoms with van der Waals surface area (Å²) in [5.41, 5.74) is 0.893. The molecule has 0 aliphatic carbocycles. The minimum atomic E-state index is -0.923. The summed E-state index contributed by atoms with van der Waals surface area (Å²) in [6, 6.07) is 13.3. The zero-order valence-electron chi connectivity index (χ0n) is 11.9. The number of aromatic nitrogens is 1. The van der Waals surface area contributed by atoms with Crippen molar-refractivity contribution in [2.45, 2.75) is 38.2 Å². The van der Waals surface area contributed by atoms with Gasteiger partial charge in [-0.3, -0.25) is 4.98 Å². The topological polar surface area (TPSA) is 33.1 Å². The van der Waals surface area contributed by atoms with Gasteiger partial charge in [-0.05, 0) is 42.7 Å². The van der Waals surface area contributed by atoms with Gasteiger partial charge in [-0.2, -0.15) is 0 Å². The van der Waals surface area contributed by atoms with E-state index in [1.807, 2.05) is 49.4 Å². The molecular formula is C17H20ClNO. The van der Waals surface area contributed by atoms with Crippen molar-refractivity contribution in [1.82, 2.24) is 4.98 Å². The third-order valence-electron chi connectivity index (χ3n) is 3.91. The van der Waals surface area contributed by atoms with Gasteiger partial charge in [0.15, 0.2) is 0 Å². The monoisotopic (exact) mass is 289 g/mol. The van der Waals surface area contributed by atoms with Gasteiger partial charge in [0.1, 0.15) is 0 Å². The Balaban J connectivity index is 2.45. The van der Waals surface area contributed by atoms with E-state index in [4.69, 9.17) is 11.6 Å². The second-order valence-electron chi connectivity index (χ2n) is 5.00. The Morgan fingerprint density at radius 3 is 2.35 bits per heavy atom. The summed E-state index contributed by atoms with van der Waals surface area (Å²) >= 11 is 5.94. The average Bonchev–Trinajstić information content (AvgIpc) is 2.49. The number of pyridine rings is 1. The van der Waals surface area contributed by atoms with Crippen LogP contribution in [0, 0.1) is 0 Å². The molecule has 0 unspecified atom stereocenters. The molecule has 0 fully saturated rings. The molecule has 0 saturated heterocycles. The highest BCUT2D eigenvalue weighted by Crippen LogP contribution is 2.41. The number of nitrogens with zero attached hydrogens (tertiary/aromatic N) is 1. The quantitative estimate of drug-likeness (QED) is 0.877. The highest BCUT2D eigenvalue weighted by atomic mass is 35.5. The fraction of sp³-hybridized carbons (Fsp3) is 0.353. The van der Waals surface area contributed by atoms with Gasteiger partial charge in [0.2, 0.25) is 0 Å². The van der Waals surface area contributed by atoms with Crippen LogP contribution in [0.1, 0.15) is 43.9 Å². The molecule has 0 aliphatic heterocycles. The van der Waals surface area contributed by atoms with Crippen LogP contribution >= 0.6 is 11.6 Å². The molecule has 2 nitrogen and oxygen atoms in total. The Kier molecular flexibility index (Phi) is 4.79. The van der Waals surface area contributed by atoms with Crippen LogP contribution in [0.4, 0.5) is 0 Å². The van der Waals surface area contributed by atoms with Crippen molar-refractivity contribution in [2.24, 2.45) is 0 Å². The first-order valence-electron chi connectivity index (χ1n) is 7.01. The fourth-order valence-electron chi connectivity index (χ4n) is 2.76. The molecule has 0 saturated carbocycles. The summed E-state index contributed by atoms with van der Waals surface area (Å²) in [7, 11) is 0. The molecule has 20 heavy (non-hydrogen) atoms. The Hall–Kier alpha value is -1.38. The fourth-order valence-corrected chi connectivity index (χ4v) is 2.89. The number of benzene rings is 1. The largest absolute Gasteiger partial charge is 0.384 e. The Morgan fingerprint density at radius 1 is 1.15 bits per heavy atom. The second-order valence-corrected chi connectivity index (χ2v) is 5.44. The third-order valence-corrected chi connectivity index (χ3v) is 4.16. The van der Waals surface area contributed by atoms with Gasteiger partial charge in [-0.1, -0.05) is 43.6 Å². The minimum Gasteiger partial charge on any atom is -0.384 e. The Morgan fingerprint density at radius 2 is 1.85 bits per heavy atom. The lowest BCUT2D eigenvalue weighted by Crippen LogP contribution is -2.33. The van der Waals surface area contributed by atoms with Crippen molar-refractivity contribution in [3.63, 3.8) is 0 Å². The first-order valence-corrected chi connectivity index (χ1v) is 7.39. The van der Waals surface area contributed by atoms with Crippen LogP contribution in [0.5, 0.6) is 0 Å². The SMILES string of the molecule is CC[C@H](c1ccccn1)[C@@](O)(CC)c1ccc(Cl)cc1. The van der Waals surface area contributed by atoms with Gasteiger partial charge in [-0.15, -0.1) is 0 Å². The second kappa shape index (κ2) is 6.38. The van der Waals surface area contributed by atoms with Crippen molar-refractivity contribution >= 4 is 11.6 Å². The highest BCUT2D eigenvalue weighted by molar-refractivity contribution is 6.30. The maximum atomic E-state index is 11.2. The van der Waals surface area contributed by atoms with Crippen molar-refractivity contribution in [2.75, 3.05) is 0 Å². The van der Waals surface area contributed by atoms with E-state index in [-0.39, 0.29) is 5.92 Å². The van der Waals surface area contributed by atoms with Gasteiger partial charge >= 0.3 is 0 Å². The van der Waals surface area contributed by atoms with E-state index in [1.54, 1.807) is 6.20 Å². The van der Waals surface area contributed by atoms with E-state index in [2.05, 4.69) is 11.9 Å². The molecule has 3 heteroatoms. The highest BCUT2D eigenvalue weighted by Gasteiger charge is 2.37. The average molecular weight is 290 g/mol. The van der Waals surface area contributed by atoms with Crippen LogP contribution in [0.3, 0.4) is 0 Å². The van der Waals surface area contributed by atoms with Crippen LogP contribution in [-0.4, -0.2) is 10.1 Å². The van der Waals surface area contributed by atoms with Crippen LogP contribution in [0.2, 0.25) is 5.02 Å². The number of aliphatic hydroxyl groups is 1. The molecule has 106 valence electrons.